The lowest BCUT2D eigenvalue weighted by molar-refractivity contribution is -0.132. The number of hydrogen-bond donors (Lipinski definition) is 0. The van der Waals surface area contributed by atoms with Gasteiger partial charge >= 0.3 is 6.09 Å². The first kappa shape index (κ1) is 18.7. The highest BCUT2D eigenvalue weighted by molar-refractivity contribution is 5.79. The van der Waals surface area contributed by atoms with Crippen LogP contribution in [-0.2, 0) is 11.2 Å². The molecule has 0 saturated carbocycles. The van der Waals surface area contributed by atoms with Crippen LogP contribution in [0.4, 0.5) is 9.18 Å². The van der Waals surface area contributed by atoms with Crippen molar-refractivity contribution in [3.05, 3.63) is 59.9 Å². The van der Waals surface area contributed by atoms with Gasteiger partial charge in [0.05, 0.1) is 13.5 Å². The number of para-hydroxylation sites is 1. The van der Waals surface area contributed by atoms with E-state index in [1.165, 1.54) is 19.2 Å². The fraction of sp³-hybridized carbons (Fsp3) is 0.300. The van der Waals surface area contributed by atoms with E-state index in [4.69, 9.17) is 9.47 Å². The van der Waals surface area contributed by atoms with Gasteiger partial charge in [0, 0.05) is 26.2 Å². The van der Waals surface area contributed by atoms with Crippen LogP contribution in [-0.4, -0.2) is 55.1 Å². The number of nitrogens with zero attached hydrogens (tertiary/aromatic N) is 2. The number of ether oxygens (including phenoxy) is 2. The lowest BCUT2D eigenvalue weighted by atomic mass is 10.1. The van der Waals surface area contributed by atoms with Crippen molar-refractivity contribution in [2.24, 2.45) is 0 Å². The van der Waals surface area contributed by atoms with E-state index in [-0.39, 0.29) is 18.1 Å². The second-order valence-electron chi connectivity index (χ2n) is 6.19. The van der Waals surface area contributed by atoms with Gasteiger partial charge in [0.15, 0.2) is 11.6 Å². The van der Waals surface area contributed by atoms with Crippen LogP contribution in [0.3, 0.4) is 0 Å². The number of halogens is 1. The van der Waals surface area contributed by atoms with Gasteiger partial charge < -0.3 is 19.3 Å². The lowest BCUT2D eigenvalue weighted by Crippen LogP contribution is -2.51. The first-order valence-electron chi connectivity index (χ1n) is 8.69. The molecule has 2 aromatic carbocycles. The van der Waals surface area contributed by atoms with Gasteiger partial charge in [0.1, 0.15) is 5.75 Å². The molecule has 27 heavy (non-hydrogen) atoms. The second-order valence-corrected chi connectivity index (χ2v) is 6.19. The third-order valence-electron chi connectivity index (χ3n) is 4.41. The van der Waals surface area contributed by atoms with Crippen molar-refractivity contribution in [1.82, 2.24) is 9.80 Å². The van der Waals surface area contributed by atoms with Gasteiger partial charge in [-0.3, -0.25) is 4.79 Å². The van der Waals surface area contributed by atoms with Crippen molar-refractivity contribution >= 4 is 12.0 Å². The molecular weight excluding hydrogens is 351 g/mol. The van der Waals surface area contributed by atoms with Gasteiger partial charge in [-0.05, 0) is 29.8 Å². The average Bonchev–Trinajstić information content (AvgIpc) is 2.69. The summed E-state index contributed by atoms with van der Waals surface area (Å²) in [5, 5.41) is 0. The van der Waals surface area contributed by atoms with E-state index in [0.717, 1.165) is 0 Å². The molecule has 0 N–H and O–H groups in total. The van der Waals surface area contributed by atoms with Gasteiger partial charge in [-0.25, -0.2) is 9.18 Å². The number of hydrogen-bond acceptors (Lipinski definition) is 4. The molecule has 1 aliphatic heterocycles. The highest BCUT2D eigenvalue weighted by Crippen LogP contribution is 2.19. The molecule has 0 radical (unpaired) electrons. The van der Waals surface area contributed by atoms with Crippen molar-refractivity contribution in [3.8, 4) is 11.5 Å². The summed E-state index contributed by atoms with van der Waals surface area (Å²) in [6, 6.07) is 13.4. The normalized spacial score (nSPS) is 14.0. The molecule has 0 atom stereocenters. The molecule has 0 spiro atoms. The molecule has 2 aromatic rings. The van der Waals surface area contributed by atoms with E-state index in [0.29, 0.717) is 37.5 Å². The van der Waals surface area contributed by atoms with Gasteiger partial charge in [0.2, 0.25) is 5.91 Å². The third kappa shape index (κ3) is 4.75. The van der Waals surface area contributed by atoms with Crippen LogP contribution < -0.4 is 9.47 Å². The minimum atomic E-state index is -0.490. The standard InChI is InChI=1S/C20H21FN2O4/c1-26-18-8-7-15(13-17(18)21)14-19(24)22-9-11-23(12-10-22)20(25)27-16-5-3-2-4-6-16/h2-8,13H,9-12,14H2,1H3. The first-order chi connectivity index (χ1) is 13.1. The number of benzene rings is 2. The number of rotatable bonds is 4. The van der Waals surface area contributed by atoms with Crippen molar-refractivity contribution in [1.29, 1.82) is 0 Å². The van der Waals surface area contributed by atoms with E-state index in [1.807, 2.05) is 6.07 Å². The molecule has 142 valence electrons. The maximum atomic E-state index is 13.8. The van der Waals surface area contributed by atoms with Gasteiger partial charge in [-0.15, -0.1) is 0 Å². The van der Waals surface area contributed by atoms with E-state index >= 15 is 0 Å². The smallest absolute Gasteiger partial charge is 0.415 e. The quantitative estimate of drug-likeness (QED) is 0.828. The number of carbonyl (C=O) groups excluding carboxylic acids is 2. The average molecular weight is 372 g/mol. The SMILES string of the molecule is COc1ccc(CC(=O)N2CCN(C(=O)Oc3ccccc3)CC2)cc1F. The highest BCUT2D eigenvalue weighted by atomic mass is 19.1. The molecule has 1 saturated heterocycles. The van der Waals surface area contributed by atoms with Crippen LogP contribution >= 0.6 is 0 Å². The van der Waals surface area contributed by atoms with Gasteiger partial charge in [-0.2, -0.15) is 0 Å². The highest BCUT2D eigenvalue weighted by Gasteiger charge is 2.25. The fourth-order valence-corrected chi connectivity index (χ4v) is 2.90. The van der Waals surface area contributed by atoms with Crippen molar-refractivity contribution in [3.63, 3.8) is 0 Å². The molecule has 6 nitrogen and oxygen atoms in total. The minimum absolute atomic E-state index is 0.101. The zero-order valence-electron chi connectivity index (χ0n) is 15.1. The van der Waals surface area contributed by atoms with Crippen LogP contribution in [0, 0.1) is 5.82 Å². The van der Waals surface area contributed by atoms with Crippen molar-refractivity contribution in [2.75, 3.05) is 33.3 Å². The Bertz CT molecular complexity index is 805. The number of piperazine rings is 1. The number of amides is 2. The molecule has 0 aliphatic carbocycles. The van der Waals surface area contributed by atoms with E-state index in [1.54, 1.807) is 40.1 Å². The van der Waals surface area contributed by atoms with Gasteiger partial charge in [-0.1, -0.05) is 24.3 Å². The van der Waals surface area contributed by atoms with E-state index in [2.05, 4.69) is 0 Å². The molecule has 1 heterocycles. The number of methoxy groups -OCH3 is 1. The van der Waals surface area contributed by atoms with Gasteiger partial charge in [0.25, 0.3) is 0 Å². The van der Waals surface area contributed by atoms with Crippen molar-refractivity contribution in [2.45, 2.75) is 6.42 Å². The zero-order valence-corrected chi connectivity index (χ0v) is 15.1. The van der Waals surface area contributed by atoms with Crippen LogP contribution in [0.15, 0.2) is 48.5 Å². The monoisotopic (exact) mass is 372 g/mol. The molecule has 0 aromatic heterocycles. The third-order valence-corrected chi connectivity index (χ3v) is 4.41. The van der Waals surface area contributed by atoms with Crippen LogP contribution in [0.1, 0.15) is 5.56 Å². The predicted octanol–water partition coefficient (Wildman–Crippen LogP) is 2.72. The molecule has 1 fully saturated rings. The minimum Gasteiger partial charge on any atom is -0.494 e. The maximum absolute atomic E-state index is 13.8. The summed E-state index contributed by atoms with van der Waals surface area (Å²) in [5.74, 6) is 0.0474. The Morgan fingerprint density at radius 2 is 1.67 bits per heavy atom. The number of carbonyl (C=O) groups is 2. The molecular formula is C20H21FN2O4. The maximum Gasteiger partial charge on any atom is 0.415 e. The summed E-state index contributed by atoms with van der Waals surface area (Å²) < 4.78 is 23.9. The zero-order chi connectivity index (χ0) is 19.2. The van der Waals surface area contributed by atoms with E-state index in [9.17, 15) is 14.0 Å². The molecule has 2 amide bonds. The Kier molecular flexibility index (Phi) is 5.90. The molecule has 7 heteroatoms. The lowest BCUT2D eigenvalue weighted by Gasteiger charge is -2.34. The van der Waals surface area contributed by atoms with Crippen LogP contribution in [0.5, 0.6) is 11.5 Å². The summed E-state index contributed by atoms with van der Waals surface area (Å²) in [6.45, 7) is 1.63. The van der Waals surface area contributed by atoms with E-state index < -0.39 is 11.9 Å². The second kappa shape index (κ2) is 8.53. The Balaban J connectivity index is 1.50. The summed E-state index contributed by atoms with van der Waals surface area (Å²) in [7, 11) is 1.39. The Hall–Kier alpha value is -3.09. The summed E-state index contributed by atoms with van der Waals surface area (Å²) in [5.41, 5.74) is 0.587. The molecule has 0 unspecified atom stereocenters. The first-order valence-corrected chi connectivity index (χ1v) is 8.69. The largest absolute Gasteiger partial charge is 0.494 e. The Labute approximate surface area is 157 Å². The summed E-state index contributed by atoms with van der Waals surface area (Å²) >= 11 is 0. The topological polar surface area (TPSA) is 59.1 Å². The summed E-state index contributed by atoms with van der Waals surface area (Å²) in [6.07, 6.45) is -0.319. The fourth-order valence-electron chi connectivity index (χ4n) is 2.90. The Morgan fingerprint density at radius 1 is 1.00 bits per heavy atom. The molecule has 3 rings (SSSR count). The molecule has 0 bridgehead atoms. The van der Waals surface area contributed by atoms with Crippen LogP contribution in [0.2, 0.25) is 0 Å². The molecule has 1 aliphatic rings. The Morgan fingerprint density at radius 3 is 2.30 bits per heavy atom. The van der Waals surface area contributed by atoms with Crippen LogP contribution in [0.25, 0.3) is 0 Å². The predicted molar refractivity (Wildman–Crippen MR) is 97.3 cm³/mol. The summed E-state index contributed by atoms with van der Waals surface area (Å²) in [4.78, 5) is 27.9. The van der Waals surface area contributed by atoms with Crippen molar-refractivity contribution < 1.29 is 23.5 Å².